The van der Waals surface area contributed by atoms with Crippen LogP contribution in [0.25, 0.3) is 0 Å². The molecule has 0 aliphatic carbocycles. The number of rotatable bonds is 11. The summed E-state index contributed by atoms with van der Waals surface area (Å²) in [5, 5.41) is 12.9. The van der Waals surface area contributed by atoms with E-state index >= 15 is 0 Å². The average Bonchev–Trinajstić information content (AvgIpc) is 3.13. The number of unbranched alkanes of at least 4 members (excludes halogenated alkanes) is 2. The van der Waals surface area contributed by atoms with Crippen molar-refractivity contribution < 1.29 is 33.6 Å². The van der Waals surface area contributed by atoms with Crippen LogP contribution in [0.5, 0.6) is 5.75 Å². The van der Waals surface area contributed by atoms with Gasteiger partial charge in [0.15, 0.2) is 6.61 Å². The van der Waals surface area contributed by atoms with E-state index in [4.69, 9.17) is 55.9 Å². The highest BCUT2D eigenvalue weighted by molar-refractivity contribution is 6.55. The van der Waals surface area contributed by atoms with Crippen LogP contribution in [0.15, 0.2) is 18.2 Å². The van der Waals surface area contributed by atoms with Crippen LogP contribution >= 0.6 is 46.4 Å². The Morgan fingerprint density at radius 2 is 1.58 bits per heavy atom. The average molecular weight is 607 g/mol. The standard InChI is InChI=1S/C23H19Cl4N3O8/c1-37-11-6-7-13(30(35)36)12(9-11)28-14(31)10-38-15(32)5-3-2-4-8-29-22(33)16-17(23(29)34)19(25)21(27)20(26)18(16)24/h6-7,9H,2-5,8,10H2,1H3,(H,28,31). The van der Waals surface area contributed by atoms with Crippen molar-refractivity contribution in [2.75, 3.05) is 25.6 Å². The molecule has 3 rings (SSSR count). The third-order valence-corrected chi connectivity index (χ3v) is 7.29. The van der Waals surface area contributed by atoms with E-state index in [0.29, 0.717) is 25.0 Å². The van der Waals surface area contributed by atoms with Gasteiger partial charge in [0.05, 0.1) is 43.3 Å². The highest BCUT2D eigenvalue weighted by atomic mass is 35.5. The zero-order chi connectivity index (χ0) is 28.1. The summed E-state index contributed by atoms with van der Waals surface area (Å²) in [6.07, 6.45) is 1.14. The second-order valence-electron chi connectivity index (χ2n) is 7.93. The van der Waals surface area contributed by atoms with E-state index in [9.17, 15) is 29.3 Å². The van der Waals surface area contributed by atoms with Gasteiger partial charge in [0.25, 0.3) is 23.4 Å². The molecule has 0 fully saturated rings. The predicted octanol–water partition coefficient (Wildman–Crippen LogP) is 5.56. The lowest BCUT2D eigenvalue weighted by molar-refractivity contribution is -0.383. The van der Waals surface area contributed by atoms with Crippen LogP contribution in [0, 0.1) is 10.1 Å². The van der Waals surface area contributed by atoms with Crippen molar-refractivity contribution in [3.63, 3.8) is 0 Å². The minimum absolute atomic E-state index is 0.0302. The molecule has 0 saturated carbocycles. The van der Waals surface area contributed by atoms with Crippen molar-refractivity contribution in [2.45, 2.75) is 25.7 Å². The van der Waals surface area contributed by atoms with E-state index in [2.05, 4.69) is 5.32 Å². The molecule has 0 spiro atoms. The molecule has 2 aromatic carbocycles. The molecule has 38 heavy (non-hydrogen) atoms. The largest absolute Gasteiger partial charge is 0.497 e. The van der Waals surface area contributed by atoms with Crippen LogP contribution in [0.1, 0.15) is 46.4 Å². The maximum Gasteiger partial charge on any atom is 0.306 e. The van der Waals surface area contributed by atoms with Crippen molar-refractivity contribution in [1.29, 1.82) is 0 Å². The van der Waals surface area contributed by atoms with Crippen molar-refractivity contribution in [3.05, 3.63) is 59.5 Å². The minimum atomic E-state index is -0.766. The molecular weight excluding hydrogens is 588 g/mol. The van der Waals surface area contributed by atoms with E-state index in [1.165, 1.54) is 25.3 Å². The van der Waals surface area contributed by atoms with Gasteiger partial charge in [-0.2, -0.15) is 0 Å². The van der Waals surface area contributed by atoms with Crippen LogP contribution in [0.2, 0.25) is 20.1 Å². The minimum Gasteiger partial charge on any atom is -0.497 e. The molecule has 1 aliphatic heterocycles. The highest BCUT2D eigenvalue weighted by Crippen LogP contribution is 2.44. The maximum atomic E-state index is 12.7. The van der Waals surface area contributed by atoms with E-state index in [0.717, 1.165) is 4.90 Å². The Bertz CT molecular complexity index is 1290. The zero-order valence-corrected chi connectivity index (χ0v) is 22.7. The SMILES string of the molecule is COc1ccc([N+](=O)[O-])c(NC(=O)COC(=O)CCCCCN2C(=O)c3c(Cl)c(Cl)c(Cl)c(Cl)c3C2=O)c1. The number of ether oxygens (including phenoxy) is 2. The summed E-state index contributed by atoms with van der Waals surface area (Å²) in [7, 11) is 1.37. The number of carbonyl (C=O) groups is 4. The predicted molar refractivity (Wildman–Crippen MR) is 140 cm³/mol. The number of methoxy groups -OCH3 is 1. The number of hydrogen-bond donors (Lipinski definition) is 1. The van der Waals surface area contributed by atoms with E-state index in [1.807, 2.05) is 0 Å². The van der Waals surface area contributed by atoms with Crippen molar-refractivity contribution in [2.24, 2.45) is 0 Å². The van der Waals surface area contributed by atoms with Crippen molar-refractivity contribution in [3.8, 4) is 5.75 Å². The van der Waals surface area contributed by atoms with Crippen molar-refractivity contribution in [1.82, 2.24) is 4.90 Å². The summed E-state index contributed by atoms with van der Waals surface area (Å²) in [5.74, 6) is -2.42. The zero-order valence-electron chi connectivity index (χ0n) is 19.6. The van der Waals surface area contributed by atoms with Gasteiger partial charge in [-0.1, -0.05) is 52.8 Å². The van der Waals surface area contributed by atoms with Gasteiger partial charge in [0, 0.05) is 25.1 Å². The first-order chi connectivity index (χ1) is 18.0. The van der Waals surface area contributed by atoms with Gasteiger partial charge in [0.2, 0.25) is 0 Å². The Balaban J connectivity index is 1.43. The summed E-state index contributed by atoms with van der Waals surface area (Å²) in [6.45, 7) is -0.597. The van der Waals surface area contributed by atoms with Gasteiger partial charge in [-0.25, -0.2) is 0 Å². The maximum absolute atomic E-state index is 12.7. The quantitative estimate of drug-likeness (QED) is 0.0666. The topological polar surface area (TPSA) is 145 Å². The normalized spacial score (nSPS) is 12.4. The highest BCUT2D eigenvalue weighted by Gasteiger charge is 2.41. The van der Waals surface area contributed by atoms with Gasteiger partial charge in [-0.05, 0) is 18.9 Å². The molecule has 0 aromatic heterocycles. The molecule has 0 atom stereocenters. The Labute approximate surface area is 236 Å². The summed E-state index contributed by atoms with van der Waals surface area (Å²) in [6, 6.07) is 3.82. The monoisotopic (exact) mass is 605 g/mol. The number of carbonyl (C=O) groups excluding carboxylic acids is 4. The number of esters is 1. The summed E-state index contributed by atoms with van der Waals surface area (Å²) in [5.41, 5.74) is -0.649. The van der Waals surface area contributed by atoms with E-state index in [1.54, 1.807) is 0 Å². The number of nitro groups is 1. The molecule has 0 radical (unpaired) electrons. The molecule has 11 nitrogen and oxygen atoms in total. The number of fused-ring (bicyclic) bond motifs is 1. The fraction of sp³-hybridized carbons (Fsp3) is 0.304. The van der Waals surface area contributed by atoms with Crippen LogP contribution in [0.4, 0.5) is 11.4 Å². The molecule has 2 aromatic rings. The van der Waals surface area contributed by atoms with Gasteiger partial charge in [0.1, 0.15) is 11.4 Å². The number of nitro benzene ring substituents is 1. The van der Waals surface area contributed by atoms with Gasteiger partial charge < -0.3 is 14.8 Å². The first-order valence-corrected chi connectivity index (χ1v) is 12.5. The lowest BCUT2D eigenvalue weighted by atomic mass is 10.1. The molecule has 202 valence electrons. The molecular formula is C23H19Cl4N3O8. The Morgan fingerprint density at radius 1 is 0.974 bits per heavy atom. The van der Waals surface area contributed by atoms with Gasteiger partial charge >= 0.3 is 5.97 Å². The fourth-order valence-corrected chi connectivity index (χ4v) is 4.63. The first-order valence-electron chi connectivity index (χ1n) is 11.0. The van der Waals surface area contributed by atoms with E-state index < -0.39 is 35.2 Å². The molecule has 15 heteroatoms. The number of benzene rings is 2. The van der Waals surface area contributed by atoms with Crippen LogP contribution in [0.3, 0.4) is 0 Å². The lowest BCUT2D eigenvalue weighted by Crippen LogP contribution is -2.30. The number of amides is 3. The first kappa shape index (κ1) is 29.4. The molecule has 3 amide bonds. The number of imide groups is 1. The number of hydrogen-bond acceptors (Lipinski definition) is 8. The number of nitrogens with one attached hydrogen (secondary N) is 1. The van der Waals surface area contributed by atoms with Crippen LogP contribution < -0.4 is 10.1 Å². The van der Waals surface area contributed by atoms with Crippen LogP contribution in [-0.2, 0) is 14.3 Å². The number of nitrogens with zero attached hydrogens (tertiary/aromatic N) is 2. The lowest BCUT2D eigenvalue weighted by Gasteiger charge is -2.13. The van der Waals surface area contributed by atoms with E-state index in [-0.39, 0.29) is 55.6 Å². The molecule has 0 saturated heterocycles. The summed E-state index contributed by atoms with van der Waals surface area (Å²) < 4.78 is 9.91. The Morgan fingerprint density at radius 3 is 2.13 bits per heavy atom. The molecule has 1 N–H and O–H groups in total. The Kier molecular flexibility index (Phi) is 9.77. The molecule has 1 heterocycles. The Hall–Kier alpha value is -3.12. The smallest absolute Gasteiger partial charge is 0.306 e. The molecule has 0 bridgehead atoms. The molecule has 0 unspecified atom stereocenters. The van der Waals surface area contributed by atoms with Crippen molar-refractivity contribution >= 4 is 81.5 Å². The van der Waals surface area contributed by atoms with Gasteiger partial charge in [-0.3, -0.25) is 34.2 Å². The van der Waals surface area contributed by atoms with Crippen LogP contribution in [-0.4, -0.2) is 53.8 Å². The third-order valence-electron chi connectivity index (χ3n) is 5.49. The summed E-state index contributed by atoms with van der Waals surface area (Å²) >= 11 is 24.2. The fourth-order valence-electron chi connectivity index (χ4n) is 3.62. The second-order valence-corrected chi connectivity index (χ2v) is 9.44. The molecule has 1 aliphatic rings. The third kappa shape index (κ3) is 6.29. The second kappa shape index (κ2) is 12.6. The summed E-state index contributed by atoms with van der Waals surface area (Å²) in [4.78, 5) is 60.9. The van der Waals surface area contributed by atoms with Gasteiger partial charge in [-0.15, -0.1) is 0 Å². The number of anilines is 1. The number of halogens is 4.